The number of rotatable bonds is 4. The summed E-state index contributed by atoms with van der Waals surface area (Å²) in [7, 11) is -3.30. The Morgan fingerprint density at radius 2 is 1.83 bits per heavy atom. The SMILES string of the molecule is CC1CCc2ccccc2N1CCS(=O)(=O)c1ccc(Cl)cc1. The van der Waals surface area contributed by atoms with Crippen LogP contribution in [-0.2, 0) is 16.3 Å². The second-order valence-electron chi connectivity index (χ2n) is 5.98. The van der Waals surface area contributed by atoms with Crippen LogP contribution in [0.2, 0.25) is 5.02 Å². The lowest BCUT2D eigenvalue weighted by atomic mass is 9.97. The Morgan fingerprint density at radius 1 is 1.13 bits per heavy atom. The van der Waals surface area contributed by atoms with Crippen LogP contribution >= 0.6 is 11.6 Å². The Morgan fingerprint density at radius 3 is 2.57 bits per heavy atom. The fourth-order valence-corrected chi connectivity index (χ4v) is 4.43. The Kier molecular flexibility index (Phi) is 4.64. The van der Waals surface area contributed by atoms with Crippen molar-refractivity contribution in [1.82, 2.24) is 0 Å². The summed E-state index contributed by atoms with van der Waals surface area (Å²) in [4.78, 5) is 2.55. The minimum atomic E-state index is -3.30. The van der Waals surface area contributed by atoms with E-state index in [4.69, 9.17) is 11.6 Å². The first-order valence-electron chi connectivity index (χ1n) is 7.80. The quantitative estimate of drug-likeness (QED) is 0.838. The van der Waals surface area contributed by atoms with Crippen molar-refractivity contribution in [2.45, 2.75) is 30.7 Å². The smallest absolute Gasteiger partial charge is 0.180 e. The highest BCUT2D eigenvalue weighted by Gasteiger charge is 2.24. The zero-order valence-corrected chi connectivity index (χ0v) is 14.6. The molecule has 0 spiro atoms. The number of sulfone groups is 1. The van der Waals surface area contributed by atoms with Gasteiger partial charge in [0.1, 0.15) is 0 Å². The lowest BCUT2D eigenvalue weighted by Gasteiger charge is -2.37. The minimum Gasteiger partial charge on any atom is -0.368 e. The van der Waals surface area contributed by atoms with E-state index in [1.54, 1.807) is 24.3 Å². The standard InChI is InChI=1S/C18H20ClNO2S/c1-14-6-7-15-4-2-3-5-18(15)20(14)12-13-23(21,22)17-10-8-16(19)9-11-17/h2-5,8-11,14H,6-7,12-13H2,1H3. The molecule has 0 N–H and O–H groups in total. The summed E-state index contributed by atoms with van der Waals surface area (Å²) < 4.78 is 25.1. The maximum Gasteiger partial charge on any atom is 0.180 e. The van der Waals surface area contributed by atoms with Crippen LogP contribution in [0.1, 0.15) is 18.9 Å². The minimum absolute atomic E-state index is 0.104. The van der Waals surface area contributed by atoms with Crippen molar-refractivity contribution in [2.24, 2.45) is 0 Å². The first kappa shape index (κ1) is 16.3. The third-order valence-electron chi connectivity index (χ3n) is 4.44. The van der Waals surface area contributed by atoms with Crippen molar-refractivity contribution in [3.05, 3.63) is 59.1 Å². The summed E-state index contributed by atoms with van der Waals surface area (Å²) in [6, 6.07) is 15.0. The van der Waals surface area contributed by atoms with Crippen molar-refractivity contribution in [3.63, 3.8) is 0 Å². The number of fused-ring (bicyclic) bond motifs is 1. The summed E-state index contributed by atoms with van der Waals surface area (Å²) in [5.41, 5.74) is 2.46. The van der Waals surface area contributed by atoms with E-state index in [1.807, 2.05) is 12.1 Å². The number of hydrogen-bond donors (Lipinski definition) is 0. The van der Waals surface area contributed by atoms with Gasteiger partial charge in [-0.1, -0.05) is 29.8 Å². The van der Waals surface area contributed by atoms with Gasteiger partial charge in [-0.05, 0) is 55.7 Å². The topological polar surface area (TPSA) is 37.4 Å². The highest BCUT2D eigenvalue weighted by atomic mass is 35.5. The van der Waals surface area contributed by atoms with Crippen LogP contribution in [0.25, 0.3) is 0 Å². The van der Waals surface area contributed by atoms with E-state index < -0.39 is 9.84 Å². The number of halogens is 1. The number of benzene rings is 2. The molecule has 1 atom stereocenters. The van der Waals surface area contributed by atoms with E-state index >= 15 is 0 Å². The molecule has 1 heterocycles. The van der Waals surface area contributed by atoms with E-state index in [-0.39, 0.29) is 5.75 Å². The van der Waals surface area contributed by atoms with Gasteiger partial charge in [0.05, 0.1) is 10.6 Å². The van der Waals surface area contributed by atoms with Gasteiger partial charge >= 0.3 is 0 Å². The van der Waals surface area contributed by atoms with Crippen molar-refractivity contribution < 1.29 is 8.42 Å². The fraction of sp³-hybridized carbons (Fsp3) is 0.333. The zero-order chi connectivity index (χ0) is 16.4. The molecule has 0 aliphatic carbocycles. The molecule has 0 fully saturated rings. The van der Waals surface area contributed by atoms with Crippen molar-refractivity contribution >= 4 is 27.1 Å². The van der Waals surface area contributed by atoms with Crippen molar-refractivity contribution in [1.29, 1.82) is 0 Å². The zero-order valence-electron chi connectivity index (χ0n) is 13.1. The van der Waals surface area contributed by atoms with E-state index in [9.17, 15) is 8.42 Å². The van der Waals surface area contributed by atoms with Gasteiger partial charge in [0, 0.05) is 23.3 Å². The molecule has 5 heteroatoms. The van der Waals surface area contributed by atoms with E-state index in [1.165, 1.54) is 5.56 Å². The molecule has 0 saturated heterocycles. The normalized spacial score (nSPS) is 17.8. The molecule has 2 aromatic carbocycles. The van der Waals surface area contributed by atoms with Gasteiger partial charge in [0.25, 0.3) is 0 Å². The first-order valence-corrected chi connectivity index (χ1v) is 9.83. The Balaban J connectivity index is 1.78. The molecule has 23 heavy (non-hydrogen) atoms. The molecule has 3 rings (SSSR count). The van der Waals surface area contributed by atoms with Gasteiger partial charge in [0.2, 0.25) is 0 Å². The molecule has 0 saturated carbocycles. The molecular weight excluding hydrogens is 330 g/mol. The predicted molar refractivity (Wildman–Crippen MR) is 95.1 cm³/mol. The Hall–Kier alpha value is -1.52. The highest BCUT2D eigenvalue weighted by Crippen LogP contribution is 2.30. The van der Waals surface area contributed by atoms with Crippen LogP contribution in [0.5, 0.6) is 0 Å². The van der Waals surface area contributed by atoms with E-state index in [2.05, 4.69) is 24.0 Å². The van der Waals surface area contributed by atoms with Gasteiger partial charge in [0.15, 0.2) is 9.84 Å². The van der Waals surface area contributed by atoms with Gasteiger partial charge in [-0.25, -0.2) is 8.42 Å². The molecule has 3 nitrogen and oxygen atoms in total. The molecule has 0 aromatic heterocycles. The van der Waals surface area contributed by atoms with E-state index in [0.29, 0.717) is 22.5 Å². The maximum absolute atomic E-state index is 12.5. The first-order chi connectivity index (χ1) is 11.0. The molecule has 122 valence electrons. The average Bonchev–Trinajstić information content (AvgIpc) is 2.54. The lowest BCUT2D eigenvalue weighted by molar-refractivity contribution is 0.563. The van der Waals surface area contributed by atoms with Crippen LogP contribution in [0, 0.1) is 0 Å². The number of para-hydroxylation sites is 1. The summed E-state index contributed by atoms with van der Waals surface area (Å²) >= 11 is 5.83. The monoisotopic (exact) mass is 349 g/mol. The Bertz CT molecular complexity index is 787. The summed E-state index contributed by atoms with van der Waals surface area (Å²) in [6.45, 7) is 2.66. The largest absolute Gasteiger partial charge is 0.368 e. The molecule has 2 aromatic rings. The van der Waals surface area contributed by atoms with Crippen molar-refractivity contribution in [3.8, 4) is 0 Å². The van der Waals surface area contributed by atoms with Crippen LogP contribution in [0.4, 0.5) is 5.69 Å². The molecule has 0 amide bonds. The Labute approximate surface area is 142 Å². The number of nitrogens with zero attached hydrogens (tertiary/aromatic N) is 1. The number of aryl methyl sites for hydroxylation is 1. The molecular formula is C18H20ClNO2S. The van der Waals surface area contributed by atoms with Crippen LogP contribution < -0.4 is 4.90 Å². The van der Waals surface area contributed by atoms with E-state index in [0.717, 1.165) is 18.5 Å². The maximum atomic E-state index is 12.5. The second-order valence-corrected chi connectivity index (χ2v) is 8.53. The summed E-state index contributed by atoms with van der Waals surface area (Å²) in [5, 5.41) is 0.544. The highest BCUT2D eigenvalue weighted by molar-refractivity contribution is 7.91. The molecule has 1 unspecified atom stereocenters. The van der Waals surface area contributed by atoms with Gasteiger partial charge in [-0.15, -0.1) is 0 Å². The third-order valence-corrected chi connectivity index (χ3v) is 6.40. The summed E-state index contributed by atoms with van der Waals surface area (Å²) in [6.07, 6.45) is 2.11. The van der Waals surface area contributed by atoms with Gasteiger partial charge < -0.3 is 4.90 Å². The summed E-state index contributed by atoms with van der Waals surface area (Å²) in [5.74, 6) is 0.104. The average molecular weight is 350 g/mol. The fourth-order valence-electron chi connectivity index (χ4n) is 3.08. The second kappa shape index (κ2) is 6.54. The number of hydrogen-bond acceptors (Lipinski definition) is 3. The van der Waals surface area contributed by atoms with Gasteiger partial charge in [-0.2, -0.15) is 0 Å². The van der Waals surface area contributed by atoms with Crippen LogP contribution in [0.3, 0.4) is 0 Å². The van der Waals surface area contributed by atoms with Crippen LogP contribution in [-0.4, -0.2) is 26.8 Å². The lowest BCUT2D eigenvalue weighted by Crippen LogP contribution is -2.40. The number of anilines is 1. The van der Waals surface area contributed by atoms with Crippen LogP contribution in [0.15, 0.2) is 53.4 Å². The molecule has 0 radical (unpaired) electrons. The van der Waals surface area contributed by atoms with Gasteiger partial charge in [-0.3, -0.25) is 0 Å². The third kappa shape index (κ3) is 3.54. The molecule has 1 aliphatic rings. The molecule has 1 aliphatic heterocycles. The predicted octanol–water partition coefficient (Wildman–Crippen LogP) is 3.96. The molecule has 0 bridgehead atoms. The van der Waals surface area contributed by atoms with Crippen molar-refractivity contribution in [2.75, 3.05) is 17.2 Å².